The smallest absolute Gasteiger partial charge is 0.400 e. The van der Waals surface area contributed by atoms with E-state index < -0.39 is 0 Å². The van der Waals surface area contributed by atoms with Crippen LogP contribution in [0.2, 0.25) is 0 Å². The van der Waals surface area contributed by atoms with Crippen LogP contribution in [0.1, 0.15) is 51.4 Å². The summed E-state index contributed by atoms with van der Waals surface area (Å²) in [4.78, 5) is 4.48. The zero-order valence-electron chi connectivity index (χ0n) is 13.2. The molecule has 2 aliphatic heterocycles. The summed E-state index contributed by atoms with van der Waals surface area (Å²) in [7, 11) is -0.320. The Labute approximate surface area is 127 Å². The molecule has 21 heavy (non-hydrogen) atoms. The molecule has 0 saturated carbocycles. The Morgan fingerprint density at radius 3 is 2.52 bits per heavy atom. The molecule has 3 rings (SSSR count). The first-order valence-electron chi connectivity index (χ1n) is 7.61. The van der Waals surface area contributed by atoms with Gasteiger partial charge in [0.1, 0.15) is 0 Å². The summed E-state index contributed by atoms with van der Waals surface area (Å²) in [6.45, 7) is 9.33. The molecule has 2 fully saturated rings. The minimum Gasteiger partial charge on any atom is -0.400 e. The van der Waals surface area contributed by atoms with Crippen molar-refractivity contribution in [3.63, 3.8) is 0 Å². The highest BCUT2D eigenvalue weighted by molar-refractivity contribution is 6.52. The number of aromatic nitrogens is 1. The summed E-state index contributed by atoms with van der Waals surface area (Å²) >= 11 is 0. The van der Waals surface area contributed by atoms with Gasteiger partial charge in [-0.3, -0.25) is 4.98 Å². The third-order valence-electron chi connectivity index (χ3n) is 4.75. The lowest BCUT2D eigenvalue weighted by atomic mass is 9.88. The topological polar surface area (TPSA) is 43.4 Å². The predicted molar refractivity (Wildman–Crippen MR) is 84.7 cm³/mol. The van der Waals surface area contributed by atoms with Gasteiger partial charge < -0.3 is 14.6 Å². The van der Waals surface area contributed by atoms with Crippen LogP contribution >= 0.6 is 0 Å². The molecule has 1 aromatic rings. The molecule has 0 aliphatic carbocycles. The molecule has 0 radical (unpaired) electrons. The van der Waals surface area contributed by atoms with E-state index in [-0.39, 0.29) is 18.3 Å². The van der Waals surface area contributed by atoms with Crippen molar-refractivity contribution in [1.82, 2.24) is 10.3 Å². The normalized spacial score (nSPS) is 27.0. The maximum atomic E-state index is 5.97. The van der Waals surface area contributed by atoms with Crippen LogP contribution in [-0.2, 0) is 9.31 Å². The minimum absolute atomic E-state index is 0.301. The third-order valence-corrected chi connectivity index (χ3v) is 4.75. The number of rotatable bonds is 3. The third kappa shape index (κ3) is 2.78. The number of hydrogen-bond donors (Lipinski definition) is 1. The first kappa shape index (κ1) is 14.8. The Hall–Kier alpha value is -1.17. The molecule has 1 unspecified atom stereocenters. The van der Waals surface area contributed by atoms with Gasteiger partial charge in [-0.25, -0.2) is 0 Å². The Kier molecular flexibility index (Phi) is 3.68. The first-order valence-corrected chi connectivity index (χ1v) is 7.61. The van der Waals surface area contributed by atoms with E-state index in [2.05, 4.69) is 44.1 Å². The van der Waals surface area contributed by atoms with Crippen LogP contribution in [0.25, 0.3) is 6.08 Å². The molecule has 1 atom stereocenters. The van der Waals surface area contributed by atoms with Crippen LogP contribution < -0.4 is 5.32 Å². The van der Waals surface area contributed by atoms with Crippen molar-refractivity contribution in [3.8, 4) is 0 Å². The summed E-state index contributed by atoms with van der Waals surface area (Å²) in [6.07, 6.45) is 5.01. The fraction of sp³-hybridized carbons (Fsp3) is 0.562. The second-order valence-corrected chi connectivity index (χ2v) is 6.76. The van der Waals surface area contributed by atoms with Gasteiger partial charge >= 0.3 is 7.12 Å². The molecule has 0 amide bonds. The molecule has 112 valence electrons. The Balaban J connectivity index is 1.76. The van der Waals surface area contributed by atoms with Crippen LogP contribution in [0.5, 0.6) is 0 Å². The molecule has 1 N–H and O–H groups in total. The molecule has 3 heterocycles. The maximum Gasteiger partial charge on any atom is 0.487 e. The summed E-state index contributed by atoms with van der Waals surface area (Å²) in [5.74, 6) is 1.96. The van der Waals surface area contributed by atoms with E-state index in [0.29, 0.717) is 6.04 Å². The highest BCUT2D eigenvalue weighted by Crippen LogP contribution is 2.37. The number of nitrogens with zero attached hydrogens (tertiary/aromatic N) is 1. The average molecular weight is 286 g/mol. The van der Waals surface area contributed by atoms with Gasteiger partial charge in [0.25, 0.3) is 0 Å². The van der Waals surface area contributed by atoms with Crippen LogP contribution in [-0.4, -0.2) is 29.8 Å². The van der Waals surface area contributed by atoms with Crippen molar-refractivity contribution in [2.75, 3.05) is 6.54 Å². The lowest BCUT2D eigenvalue weighted by Crippen LogP contribution is -2.41. The van der Waals surface area contributed by atoms with E-state index in [9.17, 15) is 0 Å². The van der Waals surface area contributed by atoms with Gasteiger partial charge in [-0.2, -0.15) is 0 Å². The molecule has 2 aliphatic rings. The SMILES string of the molecule is CC1(C)OB(/C=C/c2ncccc2C2CCN2)OC1(C)C. The summed E-state index contributed by atoms with van der Waals surface area (Å²) in [6, 6.07) is 4.55. The minimum atomic E-state index is -0.320. The second-order valence-electron chi connectivity index (χ2n) is 6.76. The number of pyridine rings is 1. The van der Waals surface area contributed by atoms with Gasteiger partial charge in [0, 0.05) is 12.2 Å². The summed E-state index contributed by atoms with van der Waals surface area (Å²) in [5.41, 5.74) is 1.63. The Morgan fingerprint density at radius 2 is 1.95 bits per heavy atom. The number of hydrogen-bond acceptors (Lipinski definition) is 4. The molecule has 0 aromatic carbocycles. The lowest BCUT2D eigenvalue weighted by Gasteiger charge is -2.32. The maximum absolute atomic E-state index is 5.97. The lowest BCUT2D eigenvalue weighted by molar-refractivity contribution is 0.00578. The molecule has 0 bridgehead atoms. The fourth-order valence-corrected chi connectivity index (χ4v) is 2.55. The zero-order valence-corrected chi connectivity index (χ0v) is 13.2. The molecule has 0 spiro atoms. The van der Waals surface area contributed by atoms with Gasteiger partial charge in [0.05, 0.1) is 16.9 Å². The van der Waals surface area contributed by atoms with Crippen LogP contribution in [0.3, 0.4) is 0 Å². The quantitative estimate of drug-likeness (QED) is 0.868. The fourth-order valence-electron chi connectivity index (χ4n) is 2.55. The predicted octanol–water partition coefficient (Wildman–Crippen LogP) is 2.76. The van der Waals surface area contributed by atoms with E-state index in [1.54, 1.807) is 0 Å². The van der Waals surface area contributed by atoms with Crippen molar-refractivity contribution in [2.45, 2.75) is 51.4 Å². The highest BCUT2D eigenvalue weighted by Gasteiger charge is 2.50. The molecular formula is C16H23BN2O2. The van der Waals surface area contributed by atoms with Crippen molar-refractivity contribution >= 4 is 13.2 Å². The monoisotopic (exact) mass is 286 g/mol. The van der Waals surface area contributed by atoms with E-state index in [0.717, 1.165) is 12.2 Å². The molecule has 1 aromatic heterocycles. The van der Waals surface area contributed by atoms with Gasteiger partial charge in [-0.15, -0.1) is 0 Å². The van der Waals surface area contributed by atoms with E-state index in [1.807, 2.05) is 24.3 Å². The highest BCUT2D eigenvalue weighted by atomic mass is 16.7. The molecular weight excluding hydrogens is 263 g/mol. The summed E-state index contributed by atoms with van der Waals surface area (Å²) in [5, 5.41) is 3.42. The second kappa shape index (κ2) is 5.23. The van der Waals surface area contributed by atoms with Gasteiger partial charge in [0.15, 0.2) is 0 Å². The summed E-state index contributed by atoms with van der Waals surface area (Å²) < 4.78 is 11.9. The van der Waals surface area contributed by atoms with Crippen LogP contribution in [0, 0.1) is 0 Å². The Bertz CT molecular complexity index is 537. The van der Waals surface area contributed by atoms with E-state index >= 15 is 0 Å². The molecule has 2 saturated heterocycles. The molecule has 5 heteroatoms. The molecule has 4 nitrogen and oxygen atoms in total. The van der Waals surface area contributed by atoms with Gasteiger partial charge in [-0.05, 0) is 58.4 Å². The van der Waals surface area contributed by atoms with Crippen molar-refractivity contribution < 1.29 is 9.31 Å². The van der Waals surface area contributed by atoms with E-state index in [1.165, 1.54) is 12.0 Å². The van der Waals surface area contributed by atoms with Gasteiger partial charge in [0.2, 0.25) is 0 Å². The number of nitrogens with one attached hydrogen (secondary N) is 1. The van der Waals surface area contributed by atoms with Crippen LogP contribution in [0.15, 0.2) is 24.3 Å². The van der Waals surface area contributed by atoms with Crippen LogP contribution in [0.4, 0.5) is 0 Å². The first-order chi connectivity index (χ1) is 9.89. The van der Waals surface area contributed by atoms with Crippen molar-refractivity contribution in [3.05, 3.63) is 35.6 Å². The van der Waals surface area contributed by atoms with E-state index in [4.69, 9.17) is 9.31 Å². The van der Waals surface area contributed by atoms with Gasteiger partial charge in [-0.1, -0.05) is 12.0 Å². The standard InChI is InChI=1S/C16H23BN2O2/c1-15(2)16(3,4)21-17(20-15)9-7-13-12(6-5-10-18-13)14-8-11-19-14/h5-7,9-10,14,19H,8,11H2,1-4H3/b9-7+. The zero-order chi connectivity index (χ0) is 15.1. The Morgan fingerprint density at radius 1 is 1.29 bits per heavy atom. The van der Waals surface area contributed by atoms with Crippen molar-refractivity contribution in [2.24, 2.45) is 0 Å². The van der Waals surface area contributed by atoms with Crippen molar-refractivity contribution in [1.29, 1.82) is 0 Å². The average Bonchev–Trinajstić information content (AvgIpc) is 2.55. The largest absolute Gasteiger partial charge is 0.487 e.